The van der Waals surface area contributed by atoms with Crippen LogP contribution in [0.5, 0.6) is 0 Å². The molecule has 1 amide bonds. The van der Waals surface area contributed by atoms with E-state index in [1.807, 2.05) is 0 Å². The molecule has 1 aliphatic rings. The van der Waals surface area contributed by atoms with Crippen molar-refractivity contribution >= 4 is 5.91 Å². The van der Waals surface area contributed by atoms with E-state index in [1.165, 1.54) is 36.5 Å². The molecule has 4 rings (SSSR count). The Morgan fingerprint density at radius 3 is 2.77 bits per heavy atom. The number of carbonyl (C=O) groups excluding carboxylic acids is 1. The van der Waals surface area contributed by atoms with Crippen molar-refractivity contribution in [1.29, 1.82) is 0 Å². The Labute approximate surface area is 147 Å². The number of hydrogen-bond donors (Lipinski definition) is 1. The highest BCUT2D eigenvalue weighted by atomic mass is 19.1. The molecule has 6 nitrogen and oxygen atoms in total. The maximum absolute atomic E-state index is 13.1. The quantitative estimate of drug-likeness (QED) is 0.779. The zero-order valence-corrected chi connectivity index (χ0v) is 13.8. The first kappa shape index (κ1) is 16.4. The van der Waals surface area contributed by atoms with Gasteiger partial charge in [-0.25, -0.2) is 8.78 Å². The molecule has 1 aliphatic heterocycles. The molecule has 1 atom stereocenters. The van der Waals surface area contributed by atoms with Crippen molar-refractivity contribution in [2.45, 2.75) is 18.8 Å². The third-order valence-corrected chi connectivity index (χ3v) is 4.48. The number of piperidine rings is 1. The van der Waals surface area contributed by atoms with E-state index >= 15 is 0 Å². The highest BCUT2D eigenvalue weighted by molar-refractivity contribution is 5.94. The number of nitrogens with one attached hydrogen (secondary N) is 1. The largest absolute Gasteiger partial charge is 0.355 e. The van der Waals surface area contributed by atoms with Crippen LogP contribution >= 0.6 is 0 Å². The lowest BCUT2D eigenvalue weighted by molar-refractivity contribution is 0.0703. The number of nitrogens with zero attached hydrogens (tertiary/aromatic N) is 3. The number of carbonyl (C=O) groups is 1. The standard InChI is InChI=1S/C18H16F2N4O2/c19-13-5-3-11(4-6-13)18(25)24-7-1-2-12(10-24)16-22-17(26-23-16)15-8-14(20)9-21-15/h3-6,8-9,12,21H,1-2,7,10H2/t12-/m0/s1. The molecule has 26 heavy (non-hydrogen) atoms. The summed E-state index contributed by atoms with van der Waals surface area (Å²) in [6.07, 6.45) is 2.84. The van der Waals surface area contributed by atoms with Gasteiger partial charge in [0.15, 0.2) is 5.82 Å². The lowest BCUT2D eigenvalue weighted by atomic mass is 9.96. The summed E-state index contributed by atoms with van der Waals surface area (Å²) in [7, 11) is 0. The van der Waals surface area contributed by atoms with Crippen molar-refractivity contribution in [3.63, 3.8) is 0 Å². The molecule has 2 aromatic heterocycles. The predicted octanol–water partition coefficient (Wildman–Crippen LogP) is 3.36. The fraction of sp³-hybridized carbons (Fsp3) is 0.278. The van der Waals surface area contributed by atoms with Crippen molar-refractivity contribution in [2.75, 3.05) is 13.1 Å². The predicted molar refractivity (Wildman–Crippen MR) is 88.3 cm³/mol. The molecular formula is C18H16F2N4O2. The summed E-state index contributed by atoms with van der Waals surface area (Å²) in [5.74, 6) is -0.292. The summed E-state index contributed by atoms with van der Waals surface area (Å²) in [5.41, 5.74) is 0.860. The topological polar surface area (TPSA) is 75.0 Å². The van der Waals surface area contributed by atoms with Crippen LogP contribution in [0, 0.1) is 11.6 Å². The van der Waals surface area contributed by atoms with Gasteiger partial charge in [-0.2, -0.15) is 4.98 Å². The second-order valence-corrected chi connectivity index (χ2v) is 6.29. The highest BCUT2D eigenvalue weighted by Gasteiger charge is 2.29. The third kappa shape index (κ3) is 3.22. The molecule has 0 unspecified atom stereocenters. The second kappa shape index (κ2) is 6.70. The fourth-order valence-corrected chi connectivity index (χ4v) is 3.15. The highest BCUT2D eigenvalue weighted by Crippen LogP contribution is 2.27. The van der Waals surface area contributed by atoms with E-state index in [0.29, 0.717) is 30.2 Å². The Kier molecular flexibility index (Phi) is 4.24. The van der Waals surface area contributed by atoms with Crippen LogP contribution in [0.4, 0.5) is 8.78 Å². The lowest BCUT2D eigenvalue weighted by Gasteiger charge is -2.31. The van der Waals surface area contributed by atoms with Crippen molar-refractivity contribution in [3.05, 3.63) is 59.6 Å². The molecule has 1 saturated heterocycles. The normalized spacial score (nSPS) is 17.5. The van der Waals surface area contributed by atoms with Crippen LogP contribution in [0.15, 0.2) is 41.1 Å². The summed E-state index contributed by atoms with van der Waals surface area (Å²) in [5, 5.41) is 3.99. The molecule has 0 radical (unpaired) electrons. The Balaban J connectivity index is 1.49. The number of aromatic nitrogens is 3. The number of hydrogen-bond acceptors (Lipinski definition) is 4. The lowest BCUT2D eigenvalue weighted by Crippen LogP contribution is -2.39. The van der Waals surface area contributed by atoms with E-state index in [4.69, 9.17) is 4.52 Å². The number of halogens is 2. The van der Waals surface area contributed by atoms with Crippen LogP contribution in [0.2, 0.25) is 0 Å². The van der Waals surface area contributed by atoms with E-state index in [0.717, 1.165) is 12.8 Å². The molecule has 134 valence electrons. The molecule has 8 heteroatoms. The molecule has 1 aromatic carbocycles. The summed E-state index contributed by atoms with van der Waals surface area (Å²) >= 11 is 0. The molecule has 0 spiro atoms. The minimum Gasteiger partial charge on any atom is -0.355 e. The number of likely N-dealkylation sites (tertiary alicyclic amines) is 1. The van der Waals surface area contributed by atoms with Gasteiger partial charge in [-0.15, -0.1) is 0 Å². The van der Waals surface area contributed by atoms with E-state index in [1.54, 1.807) is 4.90 Å². The van der Waals surface area contributed by atoms with E-state index < -0.39 is 5.82 Å². The Morgan fingerprint density at radius 1 is 1.23 bits per heavy atom. The van der Waals surface area contributed by atoms with Crippen molar-refractivity contribution < 1.29 is 18.1 Å². The summed E-state index contributed by atoms with van der Waals surface area (Å²) in [6, 6.07) is 6.79. The van der Waals surface area contributed by atoms with Crippen molar-refractivity contribution in [3.8, 4) is 11.6 Å². The summed E-state index contributed by atoms with van der Waals surface area (Å²) < 4.78 is 31.4. The number of aromatic amines is 1. The first-order valence-corrected chi connectivity index (χ1v) is 8.33. The maximum atomic E-state index is 13.1. The minimum atomic E-state index is -0.409. The third-order valence-electron chi connectivity index (χ3n) is 4.48. The Bertz CT molecular complexity index is 919. The number of rotatable bonds is 3. The monoisotopic (exact) mass is 358 g/mol. The van der Waals surface area contributed by atoms with Gasteiger partial charge in [-0.05, 0) is 37.1 Å². The number of H-pyrrole nitrogens is 1. The molecular weight excluding hydrogens is 342 g/mol. The van der Waals surface area contributed by atoms with Gasteiger partial charge in [0, 0.05) is 36.8 Å². The fourth-order valence-electron chi connectivity index (χ4n) is 3.15. The number of benzene rings is 1. The zero-order valence-electron chi connectivity index (χ0n) is 13.8. The molecule has 1 N–H and O–H groups in total. The van der Waals surface area contributed by atoms with Gasteiger partial charge in [-0.1, -0.05) is 5.16 Å². The molecule has 1 fully saturated rings. The van der Waals surface area contributed by atoms with Gasteiger partial charge < -0.3 is 14.4 Å². The average molecular weight is 358 g/mol. The van der Waals surface area contributed by atoms with E-state index in [-0.39, 0.29) is 23.5 Å². The number of amides is 1. The van der Waals surface area contributed by atoms with E-state index in [9.17, 15) is 13.6 Å². The van der Waals surface area contributed by atoms with Crippen LogP contribution in [0.1, 0.15) is 34.9 Å². The molecule has 3 aromatic rings. The van der Waals surface area contributed by atoms with Gasteiger partial charge in [0.25, 0.3) is 11.8 Å². The van der Waals surface area contributed by atoms with Crippen LogP contribution in [0.25, 0.3) is 11.6 Å². The summed E-state index contributed by atoms with van der Waals surface area (Å²) in [6.45, 7) is 1.08. The molecule has 0 bridgehead atoms. The van der Waals surface area contributed by atoms with Crippen molar-refractivity contribution in [2.24, 2.45) is 0 Å². The van der Waals surface area contributed by atoms with Gasteiger partial charge >= 0.3 is 0 Å². The maximum Gasteiger partial charge on any atom is 0.274 e. The first-order valence-electron chi connectivity index (χ1n) is 8.33. The smallest absolute Gasteiger partial charge is 0.274 e. The minimum absolute atomic E-state index is 0.0644. The molecule has 0 saturated carbocycles. The van der Waals surface area contributed by atoms with E-state index in [2.05, 4.69) is 15.1 Å². The van der Waals surface area contributed by atoms with Gasteiger partial charge in [0.05, 0.1) is 0 Å². The Hall–Kier alpha value is -3.03. The molecule has 3 heterocycles. The van der Waals surface area contributed by atoms with Gasteiger partial charge in [0.2, 0.25) is 0 Å². The zero-order chi connectivity index (χ0) is 18.1. The second-order valence-electron chi connectivity index (χ2n) is 6.29. The van der Waals surface area contributed by atoms with Crippen LogP contribution < -0.4 is 0 Å². The first-order chi connectivity index (χ1) is 12.6. The SMILES string of the molecule is O=C(c1ccc(F)cc1)N1CCC[C@H](c2noc(-c3cc(F)c[nH]3)n2)C1. The van der Waals surface area contributed by atoms with Crippen LogP contribution in [-0.2, 0) is 0 Å². The van der Waals surface area contributed by atoms with Crippen molar-refractivity contribution in [1.82, 2.24) is 20.0 Å². The van der Waals surface area contributed by atoms with Crippen LogP contribution in [-0.4, -0.2) is 39.0 Å². The van der Waals surface area contributed by atoms with Crippen LogP contribution in [0.3, 0.4) is 0 Å². The average Bonchev–Trinajstić information content (AvgIpc) is 3.31. The Morgan fingerprint density at radius 2 is 2.04 bits per heavy atom. The van der Waals surface area contributed by atoms with Gasteiger partial charge in [-0.3, -0.25) is 4.79 Å². The van der Waals surface area contributed by atoms with Gasteiger partial charge in [0.1, 0.15) is 17.3 Å². The molecule has 0 aliphatic carbocycles. The summed E-state index contributed by atoms with van der Waals surface area (Å²) in [4.78, 5) is 21.4.